The van der Waals surface area contributed by atoms with Crippen molar-refractivity contribution < 1.29 is 0 Å². The van der Waals surface area contributed by atoms with E-state index in [1.54, 1.807) is 0 Å². The molecule has 1 atom stereocenters. The van der Waals surface area contributed by atoms with Gasteiger partial charge in [0.15, 0.2) is 0 Å². The van der Waals surface area contributed by atoms with E-state index in [0.717, 1.165) is 18.4 Å². The number of nitrogens with zero attached hydrogens (tertiary/aromatic N) is 1. The van der Waals surface area contributed by atoms with Crippen LogP contribution in [0.4, 0.5) is 0 Å². The molecule has 1 aliphatic heterocycles. The van der Waals surface area contributed by atoms with Gasteiger partial charge >= 0.3 is 0 Å². The van der Waals surface area contributed by atoms with Gasteiger partial charge < -0.3 is 10.6 Å². The first kappa shape index (κ1) is 14.6. The Morgan fingerprint density at radius 3 is 2.42 bits per heavy atom. The quantitative estimate of drug-likeness (QED) is 0.763. The molecule has 0 aromatic carbocycles. The lowest BCUT2D eigenvalue weighted by Crippen LogP contribution is -2.64. The van der Waals surface area contributed by atoms with Crippen molar-refractivity contribution in [1.82, 2.24) is 4.90 Å². The van der Waals surface area contributed by atoms with E-state index >= 15 is 0 Å². The maximum absolute atomic E-state index is 6.37. The summed E-state index contributed by atoms with van der Waals surface area (Å²) in [7, 11) is 0. The van der Waals surface area contributed by atoms with Crippen molar-refractivity contribution in [3.05, 3.63) is 24.4 Å². The lowest BCUT2D eigenvalue weighted by Gasteiger charge is -2.59. The molecule has 2 rings (SSSR count). The smallest absolute Gasteiger partial charge is 0.0417 e. The van der Waals surface area contributed by atoms with Gasteiger partial charge in [-0.3, -0.25) is 0 Å². The lowest BCUT2D eigenvalue weighted by atomic mass is 9.69. The fourth-order valence-electron chi connectivity index (χ4n) is 4.26. The molecule has 1 spiro atoms. The molecule has 2 nitrogen and oxygen atoms in total. The van der Waals surface area contributed by atoms with E-state index in [0.29, 0.717) is 11.6 Å². The second kappa shape index (κ2) is 5.32. The molecule has 2 fully saturated rings. The second-order valence-electron chi connectivity index (χ2n) is 7.30. The molecule has 2 aliphatic rings. The highest BCUT2D eigenvalue weighted by atomic mass is 15.3. The highest BCUT2D eigenvalue weighted by molar-refractivity contribution is 5.16. The molecule has 1 saturated heterocycles. The Morgan fingerprint density at radius 1 is 1.21 bits per heavy atom. The van der Waals surface area contributed by atoms with Crippen LogP contribution in [-0.2, 0) is 0 Å². The van der Waals surface area contributed by atoms with Gasteiger partial charge in [-0.2, -0.15) is 0 Å². The summed E-state index contributed by atoms with van der Waals surface area (Å²) in [6, 6.07) is 0.350. The van der Waals surface area contributed by atoms with Crippen LogP contribution in [0.2, 0.25) is 0 Å². The molecule has 0 radical (unpaired) electrons. The fraction of sp³-hybridized carbons (Fsp3) is 0.765. The minimum Gasteiger partial charge on any atom is -0.367 e. The summed E-state index contributed by atoms with van der Waals surface area (Å²) in [5.41, 5.74) is 7.94. The van der Waals surface area contributed by atoms with Crippen molar-refractivity contribution in [1.29, 1.82) is 0 Å². The Bertz CT molecular complexity index is 361. The van der Waals surface area contributed by atoms with E-state index in [-0.39, 0.29) is 5.54 Å². The van der Waals surface area contributed by atoms with Crippen molar-refractivity contribution in [3.63, 3.8) is 0 Å². The van der Waals surface area contributed by atoms with Gasteiger partial charge in [-0.1, -0.05) is 31.4 Å². The van der Waals surface area contributed by atoms with Gasteiger partial charge in [-0.25, -0.2) is 0 Å². The van der Waals surface area contributed by atoms with Gasteiger partial charge in [0.25, 0.3) is 0 Å². The summed E-state index contributed by atoms with van der Waals surface area (Å²) < 4.78 is 0. The van der Waals surface area contributed by atoms with Crippen molar-refractivity contribution in [2.45, 2.75) is 82.8 Å². The van der Waals surface area contributed by atoms with E-state index in [4.69, 9.17) is 5.73 Å². The van der Waals surface area contributed by atoms with Crippen molar-refractivity contribution >= 4 is 0 Å². The molecule has 108 valence electrons. The lowest BCUT2D eigenvalue weighted by molar-refractivity contribution is -0.0357. The monoisotopic (exact) mass is 262 g/mol. The van der Waals surface area contributed by atoms with Gasteiger partial charge in [0.05, 0.1) is 0 Å². The fourth-order valence-corrected chi connectivity index (χ4v) is 4.26. The van der Waals surface area contributed by atoms with Crippen LogP contribution in [0.15, 0.2) is 24.4 Å². The van der Waals surface area contributed by atoms with Crippen LogP contribution in [-0.4, -0.2) is 22.0 Å². The zero-order valence-corrected chi connectivity index (χ0v) is 12.9. The molecule has 1 unspecified atom stereocenters. The summed E-state index contributed by atoms with van der Waals surface area (Å²) in [5.74, 6) is 0. The van der Waals surface area contributed by atoms with Gasteiger partial charge in [0, 0.05) is 23.3 Å². The number of rotatable bonds is 2. The average Bonchev–Trinajstić information content (AvgIpc) is 2.26. The molecule has 0 amide bonds. The van der Waals surface area contributed by atoms with Crippen molar-refractivity contribution in [3.8, 4) is 0 Å². The van der Waals surface area contributed by atoms with Gasteiger partial charge in [-0.05, 0) is 52.5 Å². The molecule has 0 bridgehead atoms. The molecule has 1 heterocycles. The summed E-state index contributed by atoms with van der Waals surface area (Å²) >= 11 is 0. The normalized spacial score (nSPS) is 29.9. The maximum Gasteiger partial charge on any atom is 0.0417 e. The van der Waals surface area contributed by atoms with E-state index in [1.807, 2.05) is 0 Å². The zero-order chi connectivity index (χ0) is 14.1. The van der Waals surface area contributed by atoms with Crippen LogP contribution in [0.1, 0.15) is 65.7 Å². The highest BCUT2D eigenvalue weighted by Gasteiger charge is 2.48. The third kappa shape index (κ3) is 3.05. The minimum atomic E-state index is 0.154. The van der Waals surface area contributed by atoms with Gasteiger partial charge in [-0.15, -0.1) is 0 Å². The molecule has 2 N–H and O–H groups in total. The third-order valence-electron chi connectivity index (χ3n) is 4.86. The van der Waals surface area contributed by atoms with Crippen LogP contribution in [0.25, 0.3) is 0 Å². The number of nitrogens with two attached hydrogens (primary N) is 1. The Kier molecular flexibility index (Phi) is 4.10. The number of allylic oxidation sites excluding steroid dienone is 2. The largest absolute Gasteiger partial charge is 0.367 e. The topological polar surface area (TPSA) is 29.3 Å². The van der Waals surface area contributed by atoms with Crippen LogP contribution in [0, 0.1) is 0 Å². The Hall–Kier alpha value is -0.760. The van der Waals surface area contributed by atoms with Gasteiger partial charge in [0.1, 0.15) is 0 Å². The zero-order valence-electron chi connectivity index (χ0n) is 12.9. The molecular weight excluding hydrogens is 232 g/mol. The van der Waals surface area contributed by atoms with E-state index in [1.165, 1.54) is 32.1 Å². The summed E-state index contributed by atoms with van der Waals surface area (Å²) in [6.45, 7) is 10.7. The van der Waals surface area contributed by atoms with Crippen molar-refractivity contribution in [2.75, 3.05) is 0 Å². The number of hydrogen-bond acceptors (Lipinski definition) is 2. The van der Waals surface area contributed by atoms with E-state index in [2.05, 4.69) is 44.5 Å². The summed E-state index contributed by atoms with van der Waals surface area (Å²) in [4.78, 5) is 2.62. The van der Waals surface area contributed by atoms with Crippen LogP contribution in [0.5, 0.6) is 0 Å². The molecule has 0 aromatic rings. The molecule has 1 aliphatic carbocycles. The minimum absolute atomic E-state index is 0.154. The van der Waals surface area contributed by atoms with Crippen LogP contribution < -0.4 is 5.73 Å². The van der Waals surface area contributed by atoms with Crippen LogP contribution in [0.3, 0.4) is 0 Å². The second-order valence-corrected chi connectivity index (χ2v) is 7.30. The third-order valence-corrected chi connectivity index (χ3v) is 4.86. The molecule has 2 heteroatoms. The SMILES string of the molecule is C=C(C)C=CN1C(C)(C)CC(N)CC12CCCCC2. The molecule has 1 saturated carbocycles. The summed E-state index contributed by atoms with van der Waals surface area (Å²) in [5, 5.41) is 0. The number of likely N-dealkylation sites (tertiary alicyclic amines) is 1. The van der Waals surface area contributed by atoms with Gasteiger partial charge in [0.2, 0.25) is 0 Å². The van der Waals surface area contributed by atoms with Crippen molar-refractivity contribution in [2.24, 2.45) is 5.73 Å². The number of piperidine rings is 1. The van der Waals surface area contributed by atoms with E-state index in [9.17, 15) is 0 Å². The molecule has 0 aromatic heterocycles. The average molecular weight is 262 g/mol. The Morgan fingerprint density at radius 2 is 1.84 bits per heavy atom. The Labute approximate surface area is 118 Å². The van der Waals surface area contributed by atoms with Crippen LogP contribution >= 0.6 is 0 Å². The first-order valence-corrected chi connectivity index (χ1v) is 7.75. The standard InChI is InChI=1S/C17H30N2/c1-14(2)8-11-19-16(3,4)12-15(18)13-17(19)9-6-5-7-10-17/h8,11,15H,1,5-7,9-10,12-13,18H2,2-4H3. The van der Waals surface area contributed by atoms with E-state index < -0.39 is 0 Å². The molecular formula is C17H30N2. The highest BCUT2D eigenvalue weighted by Crippen LogP contribution is 2.46. The Balaban J connectivity index is 2.32. The summed E-state index contributed by atoms with van der Waals surface area (Å²) in [6.07, 6.45) is 13.4. The predicted molar refractivity (Wildman–Crippen MR) is 82.9 cm³/mol. The maximum atomic E-state index is 6.37. The predicted octanol–water partition coefficient (Wildman–Crippen LogP) is 3.98. The molecule has 19 heavy (non-hydrogen) atoms. The first-order chi connectivity index (χ1) is 8.86. The first-order valence-electron chi connectivity index (χ1n) is 7.75. The number of hydrogen-bond donors (Lipinski definition) is 1.